The fourth-order valence-corrected chi connectivity index (χ4v) is 3.82. The highest BCUT2D eigenvalue weighted by Crippen LogP contribution is 2.42. The topological polar surface area (TPSA) is 109 Å². The molecule has 0 spiro atoms. The van der Waals surface area contributed by atoms with E-state index >= 15 is 0 Å². The van der Waals surface area contributed by atoms with E-state index < -0.39 is 6.29 Å². The van der Waals surface area contributed by atoms with E-state index in [1.807, 2.05) is 6.07 Å². The van der Waals surface area contributed by atoms with Gasteiger partial charge in [0.2, 0.25) is 5.95 Å². The van der Waals surface area contributed by atoms with Crippen molar-refractivity contribution in [1.82, 2.24) is 9.97 Å². The number of carbonyl (C=O) groups excluding carboxylic acids is 1. The third kappa shape index (κ3) is 5.40. The van der Waals surface area contributed by atoms with E-state index in [2.05, 4.69) is 47.6 Å². The van der Waals surface area contributed by atoms with Crippen LogP contribution in [-0.2, 0) is 6.54 Å². The van der Waals surface area contributed by atoms with Crippen molar-refractivity contribution in [3.8, 4) is 11.5 Å². The van der Waals surface area contributed by atoms with Gasteiger partial charge in [0.1, 0.15) is 10.7 Å². The molecule has 4 rings (SSSR count). The summed E-state index contributed by atoms with van der Waals surface area (Å²) in [6.45, 7) is 3.18. The van der Waals surface area contributed by atoms with Gasteiger partial charge in [-0.05, 0) is 30.0 Å². The molecule has 0 saturated carbocycles. The molecule has 0 atom stereocenters. The van der Waals surface area contributed by atoms with E-state index in [1.54, 1.807) is 18.5 Å². The van der Waals surface area contributed by atoms with Crippen molar-refractivity contribution >= 4 is 40.4 Å². The van der Waals surface area contributed by atoms with Crippen LogP contribution in [0.5, 0.6) is 11.5 Å². The molecular weight excluding hydrogens is 454 g/mol. The number of hydrogen-bond acceptors (Lipinski definition) is 9. The Balaban J connectivity index is 1.43. The van der Waals surface area contributed by atoms with Crippen molar-refractivity contribution in [1.29, 1.82) is 0 Å². The molecule has 174 valence electrons. The van der Waals surface area contributed by atoms with Crippen LogP contribution < -0.4 is 30.7 Å². The molecule has 9 nitrogen and oxygen atoms in total. The fourth-order valence-electron chi connectivity index (χ4n) is 3.06. The Morgan fingerprint density at radius 3 is 2.73 bits per heavy atom. The van der Waals surface area contributed by atoms with Crippen LogP contribution >= 0.6 is 11.3 Å². The molecule has 3 aromatic rings. The molecule has 0 saturated heterocycles. The van der Waals surface area contributed by atoms with Gasteiger partial charge in [-0.2, -0.15) is 4.98 Å². The Hall–Kier alpha value is -3.67. The maximum atomic E-state index is 13.2. The number of hydrogen-bond donors (Lipinski definition) is 4. The van der Waals surface area contributed by atoms with Crippen LogP contribution in [0.1, 0.15) is 28.7 Å². The maximum Gasteiger partial charge on any atom is 0.586 e. The molecule has 12 heteroatoms. The molecular formula is C21H22F2N6O3S. The minimum Gasteiger partial charge on any atom is -0.395 e. The number of nitrogens with zero attached hydrogens (tertiary/aromatic N) is 2. The Kier molecular flexibility index (Phi) is 6.45. The summed E-state index contributed by atoms with van der Waals surface area (Å²) in [7, 11) is 1.78. The molecule has 0 bridgehead atoms. The van der Waals surface area contributed by atoms with Crippen molar-refractivity contribution in [3.63, 3.8) is 0 Å². The summed E-state index contributed by atoms with van der Waals surface area (Å²) in [5, 5.41) is 13.9. The molecule has 2 aromatic heterocycles. The summed E-state index contributed by atoms with van der Waals surface area (Å²) in [6, 6.07) is 7.68. The van der Waals surface area contributed by atoms with Gasteiger partial charge in [-0.25, -0.2) is 4.98 Å². The first kappa shape index (κ1) is 22.5. The Bertz CT molecular complexity index is 1160. The molecule has 0 fully saturated rings. The SMILES string of the molecule is CCCNc1nc(CNc2ccsc2C(=O)Nc2ccc3c(c2)OC(F)(F)O3)cc(NC)n1. The maximum absolute atomic E-state index is 13.2. The molecule has 0 unspecified atom stereocenters. The quantitative estimate of drug-likeness (QED) is 0.355. The van der Waals surface area contributed by atoms with Crippen molar-refractivity contribution in [2.24, 2.45) is 0 Å². The molecule has 1 aromatic carbocycles. The zero-order valence-electron chi connectivity index (χ0n) is 17.9. The smallest absolute Gasteiger partial charge is 0.395 e. The average molecular weight is 477 g/mol. The minimum atomic E-state index is -3.71. The zero-order valence-corrected chi connectivity index (χ0v) is 18.7. The van der Waals surface area contributed by atoms with E-state index in [9.17, 15) is 13.6 Å². The van der Waals surface area contributed by atoms with Gasteiger partial charge in [0.25, 0.3) is 5.91 Å². The number of alkyl halides is 2. The van der Waals surface area contributed by atoms with Gasteiger partial charge in [0, 0.05) is 31.4 Å². The van der Waals surface area contributed by atoms with E-state index in [1.165, 1.54) is 29.5 Å². The van der Waals surface area contributed by atoms with Crippen LogP contribution in [0, 0.1) is 0 Å². The van der Waals surface area contributed by atoms with E-state index in [-0.39, 0.29) is 17.4 Å². The number of carbonyl (C=O) groups is 1. The summed E-state index contributed by atoms with van der Waals surface area (Å²) < 4.78 is 35.2. The first-order valence-corrected chi connectivity index (χ1v) is 11.1. The second-order valence-electron chi connectivity index (χ2n) is 7.04. The molecule has 4 N–H and O–H groups in total. The largest absolute Gasteiger partial charge is 0.586 e. The third-order valence-corrected chi connectivity index (χ3v) is 5.47. The highest BCUT2D eigenvalue weighted by molar-refractivity contribution is 7.12. The fraction of sp³-hybridized carbons (Fsp3) is 0.286. The Morgan fingerprint density at radius 2 is 1.94 bits per heavy atom. The lowest BCUT2D eigenvalue weighted by molar-refractivity contribution is -0.286. The number of anilines is 4. The van der Waals surface area contributed by atoms with Crippen LogP contribution in [0.15, 0.2) is 35.7 Å². The number of amides is 1. The van der Waals surface area contributed by atoms with Gasteiger partial charge in [-0.3, -0.25) is 4.79 Å². The Labute approximate surface area is 192 Å². The van der Waals surface area contributed by atoms with Gasteiger partial charge in [0.05, 0.1) is 17.9 Å². The van der Waals surface area contributed by atoms with Crippen LogP contribution in [0.4, 0.5) is 31.9 Å². The number of fused-ring (bicyclic) bond motifs is 1. The number of nitrogens with one attached hydrogen (secondary N) is 4. The third-order valence-electron chi connectivity index (χ3n) is 4.56. The van der Waals surface area contributed by atoms with Crippen LogP contribution in [0.25, 0.3) is 0 Å². The van der Waals surface area contributed by atoms with Crippen LogP contribution in [-0.4, -0.2) is 35.8 Å². The highest BCUT2D eigenvalue weighted by atomic mass is 32.1. The van der Waals surface area contributed by atoms with E-state index in [0.717, 1.165) is 18.7 Å². The second-order valence-corrected chi connectivity index (χ2v) is 7.96. The van der Waals surface area contributed by atoms with Crippen molar-refractivity contribution in [3.05, 3.63) is 46.3 Å². The van der Waals surface area contributed by atoms with Gasteiger partial charge in [0.15, 0.2) is 11.5 Å². The lowest BCUT2D eigenvalue weighted by atomic mass is 10.2. The predicted molar refractivity (Wildman–Crippen MR) is 123 cm³/mol. The first-order valence-electron chi connectivity index (χ1n) is 10.2. The molecule has 33 heavy (non-hydrogen) atoms. The summed E-state index contributed by atoms with van der Waals surface area (Å²) in [6.07, 6.45) is -2.77. The van der Waals surface area contributed by atoms with E-state index in [4.69, 9.17) is 0 Å². The molecule has 1 amide bonds. The van der Waals surface area contributed by atoms with Crippen molar-refractivity contribution in [2.45, 2.75) is 26.2 Å². The van der Waals surface area contributed by atoms with Crippen molar-refractivity contribution in [2.75, 3.05) is 34.9 Å². The molecule has 3 heterocycles. The zero-order chi connectivity index (χ0) is 23.4. The van der Waals surface area contributed by atoms with E-state index in [0.29, 0.717) is 34.6 Å². The van der Waals surface area contributed by atoms with Gasteiger partial charge in [-0.1, -0.05) is 6.92 Å². The molecule has 0 radical (unpaired) electrons. The molecule has 1 aliphatic rings. The second kappa shape index (κ2) is 9.45. The van der Waals surface area contributed by atoms with Crippen molar-refractivity contribution < 1.29 is 23.0 Å². The summed E-state index contributed by atoms with van der Waals surface area (Å²) in [5.74, 6) is 0.588. The summed E-state index contributed by atoms with van der Waals surface area (Å²) in [5.41, 5.74) is 1.67. The number of benzene rings is 1. The standard InChI is InChI=1S/C21H22F2N6O3S/c1-3-7-25-20-28-13(10-17(24-2)29-20)11-26-14-6-8-33-18(14)19(30)27-12-4-5-15-16(9-12)32-21(22,23)31-15/h4-6,8-10,26H,3,7,11H2,1-2H3,(H,27,30)(H2,24,25,28,29). The lowest BCUT2D eigenvalue weighted by Crippen LogP contribution is -2.25. The highest BCUT2D eigenvalue weighted by Gasteiger charge is 2.43. The predicted octanol–water partition coefficient (Wildman–Crippen LogP) is 4.59. The average Bonchev–Trinajstić information content (AvgIpc) is 3.38. The monoisotopic (exact) mass is 476 g/mol. The summed E-state index contributed by atoms with van der Waals surface area (Å²) >= 11 is 1.25. The van der Waals surface area contributed by atoms with Gasteiger partial charge in [-0.15, -0.1) is 20.1 Å². The number of rotatable bonds is 9. The summed E-state index contributed by atoms with van der Waals surface area (Å²) in [4.78, 5) is 22.1. The number of halogens is 2. The van der Waals surface area contributed by atoms with Crippen LogP contribution in [0.2, 0.25) is 0 Å². The van der Waals surface area contributed by atoms with Gasteiger partial charge >= 0.3 is 6.29 Å². The minimum absolute atomic E-state index is 0.0879. The Morgan fingerprint density at radius 1 is 1.12 bits per heavy atom. The number of thiophene rings is 1. The normalized spacial score (nSPS) is 13.5. The lowest BCUT2D eigenvalue weighted by Gasteiger charge is -2.11. The van der Waals surface area contributed by atoms with Gasteiger partial charge < -0.3 is 30.7 Å². The number of aromatic nitrogens is 2. The number of ether oxygens (including phenoxy) is 2. The molecule has 0 aliphatic carbocycles. The first-order chi connectivity index (χ1) is 15.9. The molecule has 1 aliphatic heterocycles. The van der Waals surface area contributed by atoms with Crippen LogP contribution in [0.3, 0.4) is 0 Å².